The topological polar surface area (TPSA) is 49.4 Å². The van der Waals surface area contributed by atoms with Gasteiger partial charge in [0.1, 0.15) is 0 Å². The maximum absolute atomic E-state index is 12.2. The van der Waals surface area contributed by atoms with E-state index in [9.17, 15) is 9.00 Å². The molecule has 2 atom stereocenters. The first-order valence-electron chi connectivity index (χ1n) is 9.75. The average Bonchev–Trinajstić information content (AvgIpc) is 2.65. The molecule has 1 fully saturated rings. The first-order valence-corrected chi connectivity index (χ1v) is 11.9. The van der Waals surface area contributed by atoms with Gasteiger partial charge in [0.25, 0.3) is 0 Å². The van der Waals surface area contributed by atoms with Gasteiger partial charge >= 0.3 is 0 Å². The van der Waals surface area contributed by atoms with E-state index in [1.54, 1.807) is 0 Å². The van der Waals surface area contributed by atoms with Crippen LogP contribution in [0.1, 0.15) is 51.9 Å². The Morgan fingerprint density at radius 3 is 2.77 bits per heavy atom. The van der Waals surface area contributed by atoms with Gasteiger partial charge in [0.05, 0.1) is 10.8 Å². The Bertz CT molecular complexity index is 580. The minimum absolute atomic E-state index is 0.0822. The Balaban J connectivity index is 1.66. The second kappa shape index (κ2) is 11.9. The Kier molecular flexibility index (Phi) is 9.86. The molecule has 0 saturated carbocycles. The molecule has 0 radical (unpaired) electrons. The number of hydrogen-bond acceptors (Lipinski definition) is 3. The number of halogens is 1. The number of rotatable bonds is 10. The Labute approximate surface area is 168 Å². The van der Waals surface area contributed by atoms with Crippen LogP contribution in [-0.2, 0) is 15.6 Å². The molecule has 1 aliphatic rings. The van der Waals surface area contributed by atoms with E-state index in [1.807, 2.05) is 24.3 Å². The van der Waals surface area contributed by atoms with Crippen molar-refractivity contribution < 1.29 is 9.00 Å². The molecule has 2 unspecified atom stereocenters. The zero-order valence-corrected chi connectivity index (χ0v) is 18.1. The zero-order chi connectivity index (χ0) is 18.8. The van der Waals surface area contributed by atoms with E-state index in [2.05, 4.69) is 33.1 Å². The van der Waals surface area contributed by atoms with Crippen LogP contribution >= 0.6 is 15.9 Å². The summed E-state index contributed by atoms with van der Waals surface area (Å²) in [7, 11) is -1.03. The van der Waals surface area contributed by atoms with Gasteiger partial charge in [0.15, 0.2) is 0 Å². The number of piperidine rings is 1. The first-order chi connectivity index (χ1) is 12.6. The van der Waals surface area contributed by atoms with Crippen molar-refractivity contribution in [1.29, 1.82) is 0 Å². The highest BCUT2D eigenvalue weighted by molar-refractivity contribution is 9.10. The summed E-state index contributed by atoms with van der Waals surface area (Å²) in [5, 5.41) is 3.09. The number of hydrogen-bond donors (Lipinski definition) is 1. The Morgan fingerprint density at radius 1 is 1.27 bits per heavy atom. The molecule has 1 aliphatic heterocycles. The number of amides is 1. The van der Waals surface area contributed by atoms with E-state index in [0.29, 0.717) is 24.6 Å². The second-order valence-electron chi connectivity index (χ2n) is 6.95. The lowest BCUT2D eigenvalue weighted by Gasteiger charge is -2.35. The minimum Gasteiger partial charge on any atom is -0.355 e. The summed E-state index contributed by atoms with van der Waals surface area (Å²) in [5.41, 5.74) is 0. The lowest BCUT2D eigenvalue weighted by Crippen LogP contribution is -2.47. The molecule has 1 aromatic carbocycles. The van der Waals surface area contributed by atoms with Crippen LogP contribution in [0.3, 0.4) is 0 Å². The van der Waals surface area contributed by atoms with Crippen molar-refractivity contribution in [2.45, 2.75) is 62.8 Å². The van der Waals surface area contributed by atoms with Crippen molar-refractivity contribution in [3.8, 4) is 0 Å². The molecule has 0 aromatic heterocycles. The number of unbranched alkanes of at least 4 members (excludes halogenated alkanes) is 1. The van der Waals surface area contributed by atoms with E-state index >= 15 is 0 Å². The molecule has 1 aromatic rings. The third-order valence-electron chi connectivity index (χ3n) is 4.89. The number of nitrogens with zero attached hydrogens (tertiary/aromatic N) is 1. The fourth-order valence-corrected chi connectivity index (χ4v) is 4.68. The molecule has 0 spiro atoms. The van der Waals surface area contributed by atoms with Crippen LogP contribution in [0.5, 0.6) is 0 Å². The highest BCUT2D eigenvalue weighted by Crippen LogP contribution is 2.17. The first kappa shape index (κ1) is 21.6. The van der Waals surface area contributed by atoms with Crippen molar-refractivity contribution in [2.75, 3.05) is 25.4 Å². The summed E-state index contributed by atoms with van der Waals surface area (Å²) in [6.45, 7) is 5.27. The summed E-state index contributed by atoms with van der Waals surface area (Å²) < 4.78 is 13.2. The molecular formula is C20H31BrN2O2S. The summed E-state index contributed by atoms with van der Waals surface area (Å²) in [5.74, 6) is 0.611. The predicted molar refractivity (Wildman–Crippen MR) is 112 cm³/mol. The van der Waals surface area contributed by atoms with Crippen LogP contribution in [0.15, 0.2) is 33.6 Å². The van der Waals surface area contributed by atoms with Gasteiger partial charge in [-0.25, -0.2) is 0 Å². The molecule has 1 amide bonds. The van der Waals surface area contributed by atoms with Gasteiger partial charge in [-0.2, -0.15) is 0 Å². The quantitative estimate of drug-likeness (QED) is 0.592. The monoisotopic (exact) mass is 442 g/mol. The van der Waals surface area contributed by atoms with Gasteiger partial charge in [0.2, 0.25) is 5.91 Å². The molecule has 146 valence electrons. The number of likely N-dealkylation sites (tertiary alicyclic amines) is 1. The van der Waals surface area contributed by atoms with E-state index in [1.165, 1.54) is 32.1 Å². The Morgan fingerprint density at radius 2 is 2.04 bits per heavy atom. The molecular weight excluding hydrogens is 412 g/mol. The summed E-state index contributed by atoms with van der Waals surface area (Å²) in [6.07, 6.45) is 7.25. The highest BCUT2D eigenvalue weighted by atomic mass is 79.9. The van der Waals surface area contributed by atoms with Gasteiger partial charge in [-0.1, -0.05) is 35.7 Å². The molecule has 2 rings (SSSR count). The van der Waals surface area contributed by atoms with Gasteiger partial charge in [-0.15, -0.1) is 0 Å². The number of carbonyl (C=O) groups excluding carboxylic acids is 1. The lowest BCUT2D eigenvalue weighted by atomic mass is 10.0. The predicted octanol–water partition coefficient (Wildman–Crippen LogP) is 4.11. The summed E-state index contributed by atoms with van der Waals surface area (Å²) >= 11 is 3.38. The third kappa shape index (κ3) is 7.49. The largest absolute Gasteiger partial charge is 0.355 e. The van der Waals surface area contributed by atoms with E-state index in [0.717, 1.165) is 29.0 Å². The third-order valence-corrected chi connectivity index (χ3v) is 6.88. The van der Waals surface area contributed by atoms with Crippen molar-refractivity contribution in [2.24, 2.45) is 0 Å². The summed E-state index contributed by atoms with van der Waals surface area (Å²) in [4.78, 5) is 15.5. The molecule has 0 aliphatic carbocycles. The van der Waals surface area contributed by atoms with Crippen LogP contribution in [-0.4, -0.2) is 46.4 Å². The highest BCUT2D eigenvalue weighted by Gasteiger charge is 2.22. The van der Waals surface area contributed by atoms with Gasteiger partial charge in [-0.3, -0.25) is 13.9 Å². The van der Waals surface area contributed by atoms with Gasteiger partial charge < -0.3 is 5.32 Å². The van der Waals surface area contributed by atoms with Crippen LogP contribution in [0.25, 0.3) is 0 Å². The second-order valence-corrected chi connectivity index (χ2v) is 9.44. The van der Waals surface area contributed by atoms with Gasteiger partial charge in [-0.05, 0) is 63.0 Å². The smallest absolute Gasteiger partial charge is 0.220 e. The van der Waals surface area contributed by atoms with Crippen molar-refractivity contribution in [3.63, 3.8) is 0 Å². The number of carbonyl (C=O) groups is 1. The van der Waals surface area contributed by atoms with Crippen LogP contribution in [0.4, 0.5) is 0 Å². The van der Waals surface area contributed by atoms with Crippen LogP contribution < -0.4 is 5.32 Å². The molecule has 1 saturated heterocycles. The standard InChI is InChI=1S/C20H31BrN2O2S/c1-2-3-13-23-14-5-4-7-18(23)16-22-20(24)8-6-15-26(25)19-11-9-17(21)10-12-19/h9-12,18H,2-8,13-16H2,1H3,(H,22,24). The Hall–Kier alpha value is -0.720. The molecule has 6 heteroatoms. The fourth-order valence-electron chi connectivity index (χ4n) is 3.33. The maximum Gasteiger partial charge on any atom is 0.220 e. The average molecular weight is 443 g/mol. The van der Waals surface area contributed by atoms with Gasteiger partial charge in [0, 0.05) is 34.1 Å². The maximum atomic E-state index is 12.2. The SMILES string of the molecule is CCCCN1CCCCC1CNC(=O)CCCS(=O)c1ccc(Br)cc1. The van der Waals surface area contributed by atoms with E-state index < -0.39 is 10.8 Å². The normalized spacial score (nSPS) is 19.2. The van der Waals surface area contributed by atoms with Crippen LogP contribution in [0, 0.1) is 0 Å². The number of nitrogens with one attached hydrogen (secondary N) is 1. The minimum atomic E-state index is -1.03. The van der Waals surface area contributed by atoms with Crippen molar-refractivity contribution in [3.05, 3.63) is 28.7 Å². The zero-order valence-electron chi connectivity index (χ0n) is 15.7. The van der Waals surface area contributed by atoms with Crippen molar-refractivity contribution in [1.82, 2.24) is 10.2 Å². The van der Waals surface area contributed by atoms with Crippen molar-refractivity contribution >= 4 is 32.6 Å². The van der Waals surface area contributed by atoms with E-state index in [-0.39, 0.29) is 5.91 Å². The molecule has 0 bridgehead atoms. The van der Waals surface area contributed by atoms with E-state index in [4.69, 9.17) is 0 Å². The summed E-state index contributed by atoms with van der Waals surface area (Å²) in [6, 6.07) is 8.02. The lowest BCUT2D eigenvalue weighted by molar-refractivity contribution is -0.121. The molecule has 1 heterocycles. The molecule has 1 N–H and O–H groups in total. The molecule has 26 heavy (non-hydrogen) atoms. The number of benzene rings is 1. The molecule has 4 nitrogen and oxygen atoms in total. The fraction of sp³-hybridized carbons (Fsp3) is 0.650. The van der Waals surface area contributed by atoms with Crippen LogP contribution in [0.2, 0.25) is 0 Å².